The first kappa shape index (κ1) is 25.9. The molecule has 2 amide bonds. The molecule has 2 aromatic rings. The lowest BCUT2D eigenvalue weighted by molar-refractivity contribution is -0.142. The molecule has 0 aromatic heterocycles. The summed E-state index contributed by atoms with van der Waals surface area (Å²) < 4.78 is 6.15. The van der Waals surface area contributed by atoms with Crippen LogP contribution < -0.4 is 10.1 Å². The topological polar surface area (TPSA) is 85.4 Å². The van der Waals surface area contributed by atoms with E-state index in [0.717, 1.165) is 41.8 Å². The van der Waals surface area contributed by atoms with Gasteiger partial charge in [-0.3, -0.25) is 14.5 Å². The van der Waals surface area contributed by atoms with E-state index >= 15 is 0 Å². The van der Waals surface area contributed by atoms with Crippen molar-refractivity contribution in [2.75, 3.05) is 59.7 Å². The lowest BCUT2D eigenvalue weighted by atomic mass is 9.79. The molecule has 2 aromatic carbocycles. The summed E-state index contributed by atoms with van der Waals surface area (Å²) in [4.78, 5) is 31.7. The Hall–Kier alpha value is -3.20. The van der Waals surface area contributed by atoms with Gasteiger partial charge in [0.1, 0.15) is 24.0 Å². The largest absolute Gasteiger partial charge is 0.490 e. The van der Waals surface area contributed by atoms with E-state index in [0.29, 0.717) is 18.8 Å². The molecule has 0 fully saturated rings. The van der Waals surface area contributed by atoms with E-state index in [9.17, 15) is 14.7 Å². The standard InChI is InChI=1S/C28H36N4O4/c1-30(2)16-8-10-20-9-7-12-23-27(20)28(19-29-23,32-25(34)14-15-26(32)35)22-11-5-6-13-24(22)36-18-21(33)17-31(3)4/h5-7,9,11-15,21,29,33H,8,10,16-19H2,1-4H3. The van der Waals surface area contributed by atoms with Crippen molar-refractivity contribution in [1.29, 1.82) is 0 Å². The minimum absolute atomic E-state index is 0.0934. The summed E-state index contributed by atoms with van der Waals surface area (Å²) in [5, 5.41) is 13.9. The molecule has 0 saturated heterocycles. The third-order valence-electron chi connectivity index (χ3n) is 6.68. The number of amides is 2. The number of carbonyl (C=O) groups excluding carboxylic acids is 2. The molecular weight excluding hydrogens is 456 g/mol. The van der Waals surface area contributed by atoms with Crippen LogP contribution in [0.2, 0.25) is 0 Å². The van der Waals surface area contributed by atoms with Gasteiger partial charge in [-0.25, -0.2) is 0 Å². The first-order valence-electron chi connectivity index (χ1n) is 12.4. The van der Waals surface area contributed by atoms with Crippen LogP contribution in [0.1, 0.15) is 23.1 Å². The van der Waals surface area contributed by atoms with Gasteiger partial charge < -0.3 is 25.0 Å². The number of aliphatic hydroxyl groups excluding tert-OH is 1. The molecular formula is C28H36N4O4. The minimum atomic E-state index is -1.08. The zero-order valence-electron chi connectivity index (χ0n) is 21.5. The van der Waals surface area contributed by atoms with Crippen LogP contribution in [-0.2, 0) is 21.5 Å². The molecule has 36 heavy (non-hydrogen) atoms. The second-order valence-electron chi connectivity index (χ2n) is 10.0. The van der Waals surface area contributed by atoms with Gasteiger partial charge in [0.25, 0.3) is 11.8 Å². The third kappa shape index (κ3) is 5.02. The first-order valence-corrected chi connectivity index (χ1v) is 12.4. The molecule has 4 rings (SSSR count). The minimum Gasteiger partial charge on any atom is -0.490 e. The lowest BCUT2D eigenvalue weighted by Gasteiger charge is -2.39. The van der Waals surface area contributed by atoms with E-state index in [2.05, 4.69) is 16.3 Å². The average molecular weight is 493 g/mol. The molecule has 0 saturated carbocycles. The monoisotopic (exact) mass is 492 g/mol. The number of ether oxygens (including phenoxy) is 1. The molecule has 192 valence electrons. The number of likely N-dealkylation sites (N-methyl/N-ethyl adjacent to an activating group) is 1. The Kier molecular flexibility index (Phi) is 7.78. The van der Waals surface area contributed by atoms with E-state index in [1.54, 1.807) is 0 Å². The van der Waals surface area contributed by atoms with E-state index in [1.165, 1.54) is 17.1 Å². The number of anilines is 1. The van der Waals surface area contributed by atoms with Crippen molar-refractivity contribution in [3.63, 3.8) is 0 Å². The molecule has 8 nitrogen and oxygen atoms in total. The van der Waals surface area contributed by atoms with Crippen molar-refractivity contribution in [3.05, 3.63) is 71.3 Å². The SMILES string of the molecule is CN(C)CCCc1cccc2c1C(c1ccccc1OCC(O)CN(C)C)(N1C(=O)C=CC1=O)CN2. The van der Waals surface area contributed by atoms with Gasteiger partial charge in [0.2, 0.25) is 0 Å². The molecule has 2 N–H and O–H groups in total. The van der Waals surface area contributed by atoms with Crippen LogP contribution in [0.5, 0.6) is 5.75 Å². The second-order valence-corrected chi connectivity index (χ2v) is 10.0. The van der Waals surface area contributed by atoms with Gasteiger partial charge in [-0.2, -0.15) is 0 Å². The first-order chi connectivity index (χ1) is 17.2. The molecule has 0 spiro atoms. The molecule has 2 aliphatic rings. The number of aliphatic hydroxyl groups is 1. The lowest BCUT2D eigenvalue weighted by Crippen LogP contribution is -2.52. The van der Waals surface area contributed by atoms with Crippen molar-refractivity contribution in [2.24, 2.45) is 0 Å². The maximum atomic E-state index is 13.2. The number of aryl methyl sites for hydroxylation is 1. The van der Waals surface area contributed by atoms with Crippen LogP contribution in [0.15, 0.2) is 54.6 Å². The number of nitrogens with one attached hydrogen (secondary N) is 1. The Morgan fingerprint density at radius 2 is 1.75 bits per heavy atom. The molecule has 2 aliphatic heterocycles. The molecule has 2 heterocycles. The highest BCUT2D eigenvalue weighted by atomic mass is 16.5. The Bertz CT molecular complexity index is 1130. The van der Waals surface area contributed by atoms with Crippen LogP contribution in [0.25, 0.3) is 0 Å². The quantitative estimate of drug-likeness (QED) is 0.465. The Morgan fingerprint density at radius 1 is 1.03 bits per heavy atom. The number of hydrogen-bond donors (Lipinski definition) is 2. The maximum Gasteiger partial charge on any atom is 0.254 e. The normalized spacial score (nSPS) is 19.8. The van der Waals surface area contributed by atoms with Gasteiger partial charge in [0.05, 0.1) is 0 Å². The number of benzene rings is 2. The Labute approximate surface area is 213 Å². The van der Waals surface area contributed by atoms with Crippen molar-refractivity contribution < 1.29 is 19.4 Å². The summed E-state index contributed by atoms with van der Waals surface area (Å²) >= 11 is 0. The van der Waals surface area contributed by atoms with Crippen LogP contribution in [0.4, 0.5) is 5.69 Å². The number of fused-ring (bicyclic) bond motifs is 1. The summed E-state index contributed by atoms with van der Waals surface area (Å²) in [6.07, 6.45) is 3.73. The van der Waals surface area contributed by atoms with E-state index in [4.69, 9.17) is 4.74 Å². The van der Waals surface area contributed by atoms with Crippen molar-refractivity contribution in [3.8, 4) is 5.75 Å². The van der Waals surface area contributed by atoms with Gasteiger partial charge >= 0.3 is 0 Å². The number of para-hydroxylation sites is 1. The summed E-state index contributed by atoms with van der Waals surface area (Å²) in [6, 6.07) is 13.6. The predicted molar refractivity (Wildman–Crippen MR) is 140 cm³/mol. The van der Waals surface area contributed by atoms with Crippen LogP contribution in [0, 0.1) is 0 Å². The zero-order chi connectivity index (χ0) is 25.9. The van der Waals surface area contributed by atoms with Gasteiger partial charge in [-0.1, -0.05) is 30.3 Å². The highest BCUT2D eigenvalue weighted by molar-refractivity contribution is 6.14. The van der Waals surface area contributed by atoms with Gasteiger partial charge in [-0.05, 0) is 65.3 Å². The predicted octanol–water partition coefficient (Wildman–Crippen LogP) is 2.08. The average Bonchev–Trinajstić information content (AvgIpc) is 3.38. The summed E-state index contributed by atoms with van der Waals surface area (Å²) in [5.41, 5.74) is 2.57. The molecule has 0 bridgehead atoms. The fourth-order valence-electron chi connectivity index (χ4n) is 5.25. The van der Waals surface area contributed by atoms with Gasteiger partial charge in [0, 0.05) is 42.1 Å². The Morgan fingerprint density at radius 3 is 2.44 bits per heavy atom. The zero-order valence-corrected chi connectivity index (χ0v) is 21.5. The number of carbonyl (C=O) groups is 2. The highest BCUT2D eigenvalue weighted by Crippen LogP contribution is 2.50. The number of hydrogen-bond acceptors (Lipinski definition) is 7. The van der Waals surface area contributed by atoms with Crippen molar-refractivity contribution >= 4 is 17.5 Å². The summed E-state index contributed by atoms with van der Waals surface area (Å²) in [6.45, 7) is 1.82. The summed E-state index contributed by atoms with van der Waals surface area (Å²) in [7, 11) is 7.88. The molecule has 2 atom stereocenters. The molecule has 8 heteroatoms. The fraction of sp³-hybridized carbons (Fsp3) is 0.429. The highest BCUT2D eigenvalue weighted by Gasteiger charge is 2.53. The van der Waals surface area contributed by atoms with Gasteiger partial charge in [0.15, 0.2) is 0 Å². The van der Waals surface area contributed by atoms with E-state index < -0.39 is 11.6 Å². The van der Waals surface area contributed by atoms with Gasteiger partial charge in [-0.15, -0.1) is 0 Å². The van der Waals surface area contributed by atoms with Crippen molar-refractivity contribution in [2.45, 2.75) is 24.5 Å². The molecule has 2 unspecified atom stereocenters. The molecule has 0 aliphatic carbocycles. The van der Waals surface area contributed by atoms with Crippen LogP contribution in [0.3, 0.4) is 0 Å². The number of imide groups is 1. The second kappa shape index (κ2) is 10.8. The molecule has 0 radical (unpaired) electrons. The van der Waals surface area contributed by atoms with E-state index in [1.807, 2.05) is 69.5 Å². The number of rotatable bonds is 11. The van der Waals surface area contributed by atoms with Crippen molar-refractivity contribution in [1.82, 2.24) is 14.7 Å². The fourth-order valence-corrected chi connectivity index (χ4v) is 5.25. The van der Waals surface area contributed by atoms with Crippen LogP contribution in [-0.4, -0.2) is 92.2 Å². The van der Waals surface area contributed by atoms with Crippen LogP contribution >= 0.6 is 0 Å². The summed E-state index contributed by atoms with van der Waals surface area (Å²) in [5.74, 6) is -0.152. The van der Waals surface area contributed by atoms with E-state index in [-0.39, 0.29) is 18.4 Å². The number of nitrogens with zero attached hydrogens (tertiary/aromatic N) is 3. The third-order valence-corrected chi connectivity index (χ3v) is 6.68. The maximum absolute atomic E-state index is 13.2. The smallest absolute Gasteiger partial charge is 0.254 e. The Balaban J connectivity index is 1.82.